The van der Waals surface area contributed by atoms with Crippen LogP contribution in [-0.4, -0.2) is 29.1 Å². The van der Waals surface area contributed by atoms with Gasteiger partial charge in [-0.25, -0.2) is 15.0 Å². The van der Waals surface area contributed by atoms with Crippen LogP contribution >= 0.6 is 11.6 Å². The monoisotopic (exact) mass is 220 g/mol. The molecule has 0 bridgehead atoms. The normalized spacial score (nSPS) is 11.0. The van der Waals surface area contributed by atoms with Gasteiger partial charge in [0.05, 0.1) is 0 Å². The highest BCUT2D eigenvalue weighted by atomic mass is 35.5. The molecule has 3 rings (SSSR count). The average Bonchev–Trinajstić information content (AvgIpc) is 2.86. The molecule has 0 radical (unpaired) electrons. The fourth-order valence-electron chi connectivity index (χ4n) is 1.33. The molecule has 0 aliphatic rings. The Balaban J connectivity index is 2.38. The fourth-order valence-corrected chi connectivity index (χ4v) is 1.50. The second kappa shape index (κ2) is 3.03. The summed E-state index contributed by atoms with van der Waals surface area (Å²) in [6.07, 6.45) is 6.50. The topological polar surface area (TPSA) is 60.9 Å². The number of nitrogens with zero attached hydrogens (tertiary/aromatic N) is 6. The zero-order valence-corrected chi connectivity index (χ0v) is 8.20. The summed E-state index contributed by atoms with van der Waals surface area (Å²) in [7, 11) is 0. The third-order valence-corrected chi connectivity index (χ3v) is 2.15. The Labute approximate surface area is 89.2 Å². The third kappa shape index (κ3) is 1.26. The molecule has 3 heterocycles. The maximum Gasteiger partial charge on any atom is 0.239 e. The van der Waals surface area contributed by atoms with Crippen molar-refractivity contribution in [1.29, 1.82) is 0 Å². The Bertz CT molecular complexity index is 599. The summed E-state index contributed by atoms with van der Waals surface area (Å²) in [6, 6.07) is 1.65. The zero-order valence-electron chi connectivity index (χ0n) is 7.45. The van der Waals surface area contributed by atoms with Crippen molar-refractivity contribution in [3.05, 3.63) is 36.3 Å². The number of rotatable bonds is 1. The molecule has 0 aromatic carbocycles. The quantitative estimate of drug-likeness (QED) is 0.573. The lowest BCUT2D eigenvalue weighted by Crippen LogP contribution is -2.04. The molecule has 74 valence electrons. The summed E-state index contributed by atoms with van der Waals surface area (Å²) in [4.78, 5) is 12.1. The summed E-state index contributed by atoms with van der Waals surface area (Å²) in [5, 5.41) is 4.43. The van der Waals surface area contributed by atoms with Gasteiger partial charge in [0, 0.05) is 18.5 Å². The molecule has 3 aromatic heterocycles. The smallest absolute Gasteiger partial charge is 0.239 e. The van der Waals surface area contributed by atoms with Crippen molar-refractivity contribution >= 4 is 17.2 Å². The van der Waals surface area contributed by atoms with Crippen molar-refractivity contribution < 1.29 is 0 Å². The van der Waals surface area contributed by atoms with E-state index in [-0.39, 0.29) is 0 Å². The first kappa shape index (κ1) is 8.37. The predicted molar refractivity (Wildman–Crippen MR) is 52.9 cm³/mol. The minimum atomic E-state index is 0.374. The number of hydrogen-bond acceptors (Lipinski definition) is 4. The maximum absolute atomic E-state index is 5.87. The van der Waals surface area contributed by atoms with E-state index in [1.54, 1.807) is 33.9 Å². The van der Waals surface area contributed by atoms with Gasteiger partial charge in [0.2, 0.25) is 5.95 Å². The summed E-state index contributed by atoms with van der Waals surface area (Å²) >= 11 is 5.87. The summed E-state index contributed by atoms with van der Waals surface area (Å²) < 4.78 is 3.31. The van der Waals surface area contributed by atoms with Crippen molar-refractivity contribution in [3.8, 4) is 5.95 Å². The molecule has 0 saturated carbocycles. The largest absolute Gasteiger partial charge is 0.274 e. The van der Waals surface area contributed by atoms with Crippen LogP contribution in [0.2, 0.25) is 5.15 Å². The van der Waals surface area contributed by atoms with Crippen molar-refractivity contribution in [2.24, 2.45) is 0 Å². The molecule has 0 saturated heterocycles. The molecule has 3 aromatic rings. The molecule has 0 spiro atoms. The maximum atomic E-state index is 5.87. The second-order valence-corrected chi connectivity index (χ2v) is 3.27. The van der Waals surface area contributed by atoms with E-state index in [0.717, 1.165) is 0 Å². The van der Waals surface area contributed by atoms with Gasteiger partial charge in [-0.05, 0) is 0 Å². The van der Waals surface area contributed by atoms with Gasteiger partial charge in [-0.1, -0.05) is 11.6 Å². The molecule has 0 amide bonds. The first-order valence-corrected chi connectivity index (χ1v) is 4.57. The number of aromatic nitrogens is 6. The van der Waals surface area contributed by atoms with Crippen LogP contribution in [-0.2, 0) is 0 Å². The lowest BCUT2D eigenvalue weighted by atomic mass is 10.6. The van der Waals surface area contributed by atoms with Crippen LogP contribution in [0.25, 0.3) is 11.6 Å². The highest BCUT2D eigenvalue weighted by Gasteiger charge is 2.07. The van der Waals surface area contributed by atoms with Gasteiger partial charge in [-0.15, -0.1) is 0 Å². The zero-order chi connectivity index (χ0) is 10.3. The molecule has 15 heavy (non-hydrogen) atoms. The Morgan fingerprint density at radius 2 is 2.27 bits per heavy atom. The summed E-state index contributed by atoms with van der Waals surface area (Å²) in [6.45, 7) is 0. The highest BCUT2D eigenvalue weighted by molar-refractivity contribution is 6.29. The summed E-state index contributed by atoms with van der Waals surface area (Å²) in [5.74, 6) is 0.563. The molecule has 0 aliphatic heterocycles. The number of halogens is 1. The molecule has 0 aliphatic carbocycles. The van der Waals surface area contributed by atoms with Gasteiger partial charge < -0.3 is 0 Å². The minimum Gasteiger partial charge on any atom is -0.274 e. The van der Waals surface area contributed by atoms with Crippen molar-refractivity contribution in [3.63, 3.8) is 0 Å². The van der Waals surface area contributed by atoms with Crippen molar-refractivity contribution in [2.75, 3.05) is 0 Å². The fraction of sp³-hybridized carbons (Fsp3) is 0. The molecule has 0 atom stereocenters. The molecule has 0 unspecified atom stereocenters. The Hall–Kier alpha value is -1.95. The lowest BCUT2D eigenvalue weighted by Gasteiger charge is -2.03. The molecular formula is C8H5ClN6. The van der Waals surface area contributed by atoms with E-state index in [2.05, 4.69) is 20.1 Å². The molecule has 0 fully saturated rings. The van der Waals surface area contributed by atoms with Crippen molar-refractivity contribution in [2.45, 2.75) is 0 Å². The van der Waals surface area contributed by atoms with Crippen LogP contribution in [0.15, 0.2) is 31.1 Å². The molecule has 6 nitrogen and oxygen atoms in total. The average molecular weight is 221 g/mol. The summed E-state index contributed by atoms with van der Waals surface area (Å²) in [5.41, 5.74) is 0.652. The van der Waals surface area contributed by atoms with Crippen LogP contribution in [0.5, 0.6) is 0 Å². The lowest BCUT2D eigenvalue weighted by molar-refractivity contribution is 0.821. The number of fused-ring (bicyclic) bond motifs is 1. The van der Waals surface area contributed by atoms with E-state index >= 15 is 0 Å². The molecular weight excluding hydrogens is 216 g/mol. The Kier molecular flexibility index (Phi) is 1.69. The van der Waals surface area contributed by atoms with Gasteiger partial charge in [0.1, 0.15) is 17.8 Å². The van der Waals surface area contributed by atoms with Crippen LogP contribution in [0.3, 0.4) is 0 Å². The number of imidazole rings is 1. The predicted octanol–water partition coefficient (Wildman–Crippen LogP) is 0.963. The minimum absolute atomic E-state index is 0.374. The first-order chi connectivity index (χ1) is 7.34. The van der Waals surface area contributed by atoms with Gasteiger partial charge in [0.15, 0.2) is 5.65 Å². The van der Waals surface area contributed by atoms with E-state index < -0.39 is 0 Å². The van der Waals surface area contributed by atoms with Crippen molar-refractivity contribution in [1.82, 2.24) is 29.1 Å². The SMILES string of the molecule is Clc1cc2ncnn2c(-n2ccnc2)n1. The van der Waals surface area contributed by atoms with E-state index in [0.29, 0.717) is 16.7 Å². The van der Waals surface area contributed by atoms with E-state index in [9.17, 15) is 0 Å². The van der Waals surface area contributed by atoms with E-state index in [1.165, 1.54) is 6.33 Å². The van der Waals surface area contributed by atoms with Crippen LogP contribution in [0.1, 0.15) is 0 Å². The number of hydrogen-bond donors (Lipinski definition) is 0. The third-order valence-electron chi connectivity index (χ3n) is 1.95. The van der Waals surface area contributed by atoms with Crippen LogP contribution < -0.4 is 0 Å². The van der Waals surface area contributed by atoms with Gasteiger partial charge in [-0.2, -0.15) is 9.61 Å². The molecule has 7 heteroatoms. The highest BCUT2D eigenvalue weighted by Crippen LogP contribution is 2.12. The van der Waals surface area contributed by atoms with E-state index in [1.807, 2.05) is 0 Å². The van der Waals surface area contributed by atoms with Gasteiger partial charge in [-0.3, -0.25) is 4.57 Å². The van der Waals surface area contributed by atoms with Crippen LogP contribution in [0.4, 0.5) is 0 Å². The standard InChI is InChI=1S/C8H5ClN6/c9-6-3-7-11-4-12-15(7)8(13-6)14-2-1-10-5-14/h1-5H. The van der Waals surface area contributed by atoms with Crippen LogP contribution in [0, 0.1) is 0 Å². The molecule has 0 N–H and O–H groups in total. The van der Waals surface area contributed by atoms with Gasteiger partial charge in [0.25, 0.3) is 0 Å². The van der Waals surface area contributed by atoms with Gasteiger partial charge >= 0.3 is 0 Å². The Morgan fingerprint density at radius 3 is 3.07 bits per heavy atom. The first-order valence-electron chi connectivity index (χ1n) is 4.19. The second-order valence-electron chi connectivity index (χ2n) is 2.88. The van der Waals surface area contributed by atoms with E-state index in [4.69, 9.17) is 11.6 Å². The Morgan fingerprint density at radius 1 is 1.33 bits per heavy atom.